The van der Waals surface area contributed by atoms with Gasteiger partial charge in [-0.3, -0.25) is 9.80 Å². The first-order chi connectivity index (χ1) is 11.4. The number of nitrogens with zero attached hydrogens (tertiary/aromatic N) is 2. The first-order valence-corrected chi connectivity index (χ1v) is 8.25. The molecule has 0 spiro atoms. The predicted octanol–water partition coefficient (Wildman–Crippen LogP) is 5.11. The zero-order valence-electron chi connectivity index (χ0n) is 14.6. The highest BCUT2D eigenvalue weighted by molar-refractivity contribution is 6.27. The summed E-state index contributed by atoms with van der Waals surface area (Å²) in [5, 5.41) is 9.26. The first kappa shape index (κ1) is 21.1. The third-order valence-electron chi connectivity index (χ3n) is 3.12. The molecule has 25 heavy (non-hydrogen) atoms. The lowest BCUT2D eigenvalue weighted by molar-refractivity contribution is 0.0974. The number of amides is 2. The molecule has 0 bridgehead atoms. The summed E-state index contributed by atoms with van der Waals surface area (Å²) in [6.45, 7) is 10.1. The summed E-state index contributed by atoms with van der Waals surface area (Å²) in [7, 11) is 0. The van der Waals surface area contributed by atoms with Crippen LogP contribution in [-0.4, -0.2) is 38.7 Å². The van der Waals surface area contributed by atoms with Gasteiger partial charge in [0.05, 0.1) is 5.69 Å². The van der Waals surface area contributed by atoms with Crippen molar-refractivity contribution in [1.82, 2.24) is 4.90 Å². The van der Waals surface area contributed by atoms with Gasteiger partial charge in [-0.2, -0.15) is 0 Å². The topological polar surface area (TPSA) is 70.1 Å². The molecule has 0 unspecified atom stereocenters. The second-order valence-electron chi connectivity index (χ2n) is 6.20. The Kier molecular flexibility index (Phi) is 6.74. The SMILES string of the molecule is C=CCN(C(=O)O)c1cccc(OC(=O)N(C(C)(C)Cl)C(C)(C)Cl)c1. The molecule has 138 valence electrons. The van der Waals surface area contributed by atoms with E-state index in [4.69, 9.17) is 27.9 Å². The lowest BCUT2D eigenvalue weighted by atomic mass is 10.2. The molecule has 0 heterocycles. The van der Waals surface area contributed by atoms with E-state index in [1.54, 1.807) is 39.8 Å². The molecular formula is C17H22Cl2N2O4. The second kappa shape index (κ2) is 7.97. The van der Waals surface area contributed by atoms with Crippen LogP contribution in [0.1, 0.15) is 27.7 Å². The molecule has 1 rings (SSSR count). The largest absolute Gasteiger partial charge is 0.465 e. The quantitative estimate of drug-likeness (QED) is 0.417. The predicted molar refractivity (Wildman–Crippen MR) is 99.7 cm³/mol. The molecule has 0 aliphatic rings. The normalized spacial score (nSPS) is 11.6. The van der Waals surface area contributed by atoms with E-state index in [9.17, 15) is 14.7 Å². The fourth-order valence-corrected chi connectivity index (χ4v) is 2.95. The van der Waals surface area contributed by atoms with E-state index in [0.29, 0.717) is 5.69 Å². The zero-order valence-corrected chi connectivity index (χ0v) is 16.1. The molecule has 0 fully saturated rings. The molecule has 2 amide bonds. The van der Waals surface area contributed by atoms with Gasteiger partial charge in [-0.05, 0) is 39.8 Å². The van der Waals surface area contributed by atoms with Crippen molar-refractivity contribution in [2.24, 2.45) is 0 Å². The lowest BCUT2D eigenvalue weighted by Gasteiger charge is -2.40. The number of ether oxygens (including phenoxy) is 1. The van der Waals surface area contributed by atoms with E-state index < -0.39 is 22.2 Å². The van der Waals surface area contributed by atoms with Crippen molar-refractivity contribution in [3.8, 4) is 5.75 Å². The number of hydrogen-bond donors (Lipinski definition) is 1. The highest BCUT2D eigenvalue weighted by Crippen LogP contribution is 2.33. The molecule has 0 atom stereocenters. The minimum absolute atomic E-state index is 0.0995. The molecule has 0 aliphatic heterocycles. The van der Waals surface area contributed by atoms with Gasteiger partial charge in [-0.15, -0.1) is 6.58 Å². The third kappa shape index (κ3) is 5.83. The second-order valence-corrected chi connectivity index (χ2v) is 8.05. The van der Waals surface area contributed by atoms with Crippen LogP contribution in [0.5, 0.6) is 5.75 Å². The maximum absolute atomic E-state index is 12.5. The van der Waals surface area contributed by atoms with Gasteiger partial charge in [0.2, 0.25) is 0 Å². The summed E-state index contributed by atoms with van der Waals surface area (Å²) in [4.78, 5) is 23.9. The Balaban J connectivity index is 3.11. The summed E-state index contributed by atoms with van der Waals surface area (Å²) in [6.07, 6.45) is -0.433. The Bertz CT molecular complexity index is 637. The molecule has 6 nitrogen and oxygen atoms in total. The molecule has 1 aromatic carbocycles. The molecule has 1 aromatic rings. The van der Waals surface area contributed by atoms with Crippen molar-refractivity contribution >= 4 is 41.1 Å². The first-order valence-electron chi connectivity index (χ1n) is 7.49. The summed E-state index contributed by atoms with van der Waals surface area (Å²) in [5.41, 5.74) is 0.347. The van der Waals surface area contributed by atoms with E-state index in [1.807, 2.05) is 0 Å². The highest BCUT2D eigenvalue weighted by Gasteiger charge is 2.40. The summed E-state index contributed by atoms with van der Waals surface area (Å²) in [6, 6.07) is 6.15. The molecule has 0 radical (unpaired) electrons. The minimum Gasteiger partial charge on any atom is -0.465 e. The number of carbonyl (C=O) groups excluding carboxylic acids is 1. The van der Waals surface area contributed by atoms with Crippen LogP contribution < -0.4 is 9.64 Å². The average molecular weight is 389 g/mol. The van der Waals surface area contributed by atoms with E-state index in [2.05, 4.69) is 6.58 Å². The van der Waals surface area contributed by atoms with Crippen LogP contribution in [0.3, 0.4) is 0 Å². The van der Waals surface area contributed by atoms with Gasteiger partial charge in [0.15, 0.2) is 0 Å². The number of carbonyl (C=O) groups is 2. The smallest absolute Gasteiger partial charge is 0.418 e. The summed E-state index contributed by atoms with van der Waals surface area (Å²) in [5.74, 6) is 0.171. The van der Waals surface area contributed by atoms with Crippen molar-refractivity contribution in [2.75, 3.05) is 11.4 Å². The third-order valence-corrected chi connectivity index (χ3v) is 3.46. The van der Waals surface area contributed by atoms with Gasteiger partial charge in [-0.25, -0.2) is 9.59 Å². The number of halogens is 2. The molecule has 1 N–H and O–H groups in total. The van der Waals surface area contributed by atoms with E-state index in [-0.39, 0.29) is 12.3 Å². The molecular weight excluding hydrogens is 367 g/mol. The number of rotatable bonds is 6. The Morgan fingerprint density at radius 2 is 1.80 bits per heavy atom. The van der Waals surface area contributed by atoms with E-state index in [1.165, 1.54) is 23.1 Å². The van der Waals surface area contributed by atoms with Crippen molar-refractivity contribution in [3.05, 3.63) is 36.9 Å². The van der Waals surface area contributed by atoms with E-state index in [0.717, 1.165) is 4.90 Å². The van der Waals surface area contributed by atoms with Crippen LogP contribution in [-0.2, 0) is 0 Å². The van der Waals surface area contributed by atoms with Crippen molar-refractivity contribution < 1.29 is 19.4 Å². The average Bonchev–Trinajstić information content (AvgIpc) is 2.41. The lowest BCUT2D eigenvalue weighted by Crippen LogP contribution is -2.54. The number of alkyl halides is 2. The maximum atomic E-state index is 12.5. The van der Waals surface area contributed by atoms with Crippen LogP contribution in [0.2, 0.25) is 0 Å². The fraction of sp³-hybridized carbons (Fsp3) is 0.412. The Hall–Kier alpha value is -1.92. The van der Waals surface area contributed by atoms with Gasteiger partial charge in [0.25, 0.3) is 0 Å². The molecule has 0 aromatic heterocycles. The highest BCUT2D eigenvalue weighted by atomic mass is 35.5. The van der Waals surface area contributed by atoms with Crippen LogP contribution in [0.4, 0.5) is 15.3 Å². The molecule has 8 heteroatoms. The Morgan fingerprint density at radius 3 is 2.24 bits per heavy atom. The van der Waals surface area contributed by atoms with Crippen molar-refractivity contribution in [2.45, 2.75) is 37.7 Å². The molecule has 0 saturated heterocycles. The van der Waals surface area contributed by atoms with Crippen LogP contribution in [0.25, 0.3) is 0 Å². The number of anilines is 1. The van der Waals surface area contributed by atoms with Gasteiger partial charge in [0.1, 0.15) is 15.7 Å². The maximum Gasteiger partial charge on any atom is 0.418 e. The standard InChI is InChI=1S/C17H22Cl2N2O4/c1-6-10-20(14(22)23)12-8-7-9-13(11-12)25-15(24)21(16(2,3)18)17(4,5)19/h6-9,11H,1,10H2,2-5H3,(H,22,23). The molecule has 0 aliphatic carbocycles. The summed E-state index contributed by atoms with van der Waals surface area (Å²) < 4.78 is 5.35. The van der Waals surface area contributed by atoms with Gasteiger partial charge in [0, 0.05) is 12.6 Å². The van der Waals surface area contributed by atoms with E-state index >= 15 is 0 Å². The number of benzene rings is 1. The van der Waals surface area contributed by atoms with Crippen LogP contribution in [0, 0.1) is 0 Å². The van der Waals surface area contributed by atoms with Crippen LogP contribution >= 0.6 is 23.2 Å². The van der Waals surface area contributed by atoms with Gasteiger partial charge >= 0.3 is 12.2 Å². The van der Waals surface area contributed by atoms with Crippen molar-refractivity contribution in [1.29, 1.82) is 0 Å². The minimum atomic E-state index is -1.14. The summed E-state index contributed by atoms with van der Waals surface area (Å²) >= 11 is 12.5. The Labute approximate surface area is 157 Å². The zero-order chi connectivity index (χ0) is 19.4. The molecule has 0 saturated carbocycles. The monoisotopic (exact) mass is 388 g/mol. The van der Waals surface area contributed by atoms with Gasteiger partial charge < -0.3 is 9.84 Å². The van der Waals surface area contributed by atoms with Crippen LogP contribution in [0.15, 0.2) is 36.9 Å². The number of carboxylic acid groups (broad SMARTS) is 1. The fourth-order valence-electron chi connectivity index (χ4n) is 2.35. The van der Waals surface area contributed by atoms with Gasteiger partial charge in [-0.1, -0.05) is 35.3 Å². The Morgan fingerprint density at radius 1 is 1.24 bits per heavy atom. The number of hydrogen-bond acceptors (Lipinski definition) is 3. The van der Waals surface area contributed by atoms with Crippen molar-refractivity contribution in [3.63, 3.8) is 0 Å².